The van der Waals surface area contributed by atoms with Crippen LogP contribution in [0.15, 0.2) is 6.20 Å². The van der Waals surface area contributed by atoms with E-state index in [1.165, 1.54) is 6.20 Å². The minimum absolute atomic E-state index is 0. The number of aliphatic hydroxyl groups excluding tert-OH is 2. The van der Waals surface area contributed by atoms with E-state index in [1.807, 2.05) is 0 Å². The van der Waals surface area contributed by atoms with E-state index in [0.717, 1.165) is 0 Å². The zero-order chi connectivity index (χ0) is 11.4. The van der Waals surface area contributed by atoms with E-state index in [1.54, 1.807) is 6.92 Å². The first-order chi connectivity index (χ1) is 7.11. The lowest BCUT2D eigenvalue weighted by Crippen LogP contribution is -2.15. The number of aromatic hydroxyl groups is 1. The molecule has 0 radical (unpaired) electrons. The van der Waals surface area contributed by atoms with Crippen molar-refractivity contribution >= 4 is 12.4 Å². The van der Waals surface area contributed by atoms with Gasteiger partial charge >= 0.3 is 0 Å². The van der Waals surface area contributed by atoms with Gasteiger partial charge in [0.15, 0.2) is 0 Å². The molecule has 5 nitrogen and oxygen atoms in total. The van der Waals surface area contributed by atoms with Crippen LogP contribution in [0.3, 0.4) is 0 Å². The van der Waals surface area contributed by atoms with Gasteiger partial charge in [-0.25, -0.2) is 0 Å². The molecule has 0 saturated carbocycles. The number of nitrogens with zero attached hydrogens (tertiary/aromatic N) is 1. The summed E-state index contributed by atoms with van der Waals surface area (Å²) < 4.78 is 0. The fourth-order valence-electron chi connectivity index (χ4n) is 1.48. The largest absolute Gasteiger partial charge is 0.506 e. The third-order valence-electron chi connectivity index (χ3n) is 2.34. The van der Waals surface area contributed by atoms with Crippen molar-refractivity contribution in [2.24, 2.45) is 5.73 Å². The summed E-state index contributed by atoms with van der Waals surface area (Å²) in [5.41, 5.74) is 7.23. The van der Waals surface area contributed by atoms with Gasteiger partial charge in [0, 0.05) is 30.0 Å². The maximum absolute atomic E-state index is 9.77. The predicted molar refractivity (Wildman–Crippen MR) is 62.4 cm³/mol. The minimum atomic E-state index is -0.487. The molecule has 1 heterocycles. The summed E-state index contributed by atoms with van der Waals surface area (Å²) in [7, 11) is 0. The molecule has 1 aromatic rings. The molecule has 1 rings (SSSR count). The molecule has 6 heteroatoms. The maximum atomic E-state index is 9.77. The Balaban J connectivity index is 0.00000225. The number of hydrogen-bond acceptors (Lipinski definition) is 5. The van der Waals surface area contributed by atoms with Gasteiger partial charge in [-0.1, -0.05) is 0 Å². The van der Waals surface area contributed by atoms with E-state index in [-0.39, 0.29) is 31.4 Å². The van der Waals surface area contributed by atoms with E-state index in [2.05, 4.69) is 4.98 Å². The summed E-state index contributed by atoms with van der Waals surface area (Å²) in [5.74, 6) is 0.00231. The van der Waals surface area contributed by atoms with Crippen molar-refractivity contribution < 1.29 is 15.3 Å². The lowest BCUT2D eigenvalue weighted by molar-refractivity contribution is 0.266. The number of nitrogens with two attached hydrogens (primary N) is 1. The van der Waals surface area contributed by atoms with Crippen molar-refractivity contribution in [2.75, 3.05) is 6.61 Å². The van der Waals surface area contributed by atoms with Crippen LogP contribution >= 0.6 is 12.4 Å². The molecule has 5 N–H and O–H groups in total. The van der Waals surface area contributed by atoms with E-state index >= 15 is 0 Å². The van der Waals surface area contributed by atoms with Crippen LogP contribution in [0.4, 0.5) is 0 Å². The lowest BCUT2D eigenvalue weighted by atomic mass is 9.99. The van der Waals surface area contributed by atoms with Crippen LogP contribution in [0.2, 0.25) is 0 Å². The highest BCUT2D eigenvalue weighted by Crippen LogP contribution is 2.29. The van der Waals surface area contributed by atoms with Gasteiger partial charge in [-0.3, -0.25) is 4.98 Å². The SMILES string of the molecule is Cc1ncc(CO)c([C@@H](N)CCO)c1O.Cl. The van der Waals surface area contributed by atoms with Crippen molar-refractivity contribution in [3.8, 4) is 5.75 Å². The maximum Gasteiger partial charge on any atom is 0.141 e. The fourth-order valence-corrected chi connectivity index (χ4v) is 1.48. The molecule has 0 aliphatic rings. The topological polar surface area (TPSA) is 99.6 Å². The second-order valence-corrected chi connectivity index (χ2v) is 3.41. The summed E-state index contributed by atoms with van der Waals surface area (Å²) in [6, 6.07) is -0.487. The third kappa shape index (κ3) is 3.05. The average molecular weight is 249 g/mol. The molecule has 0 unspecified atom stereocenters. The molecule has 0 aliphatic carbocycles. The number of halogens is 1. The van der Waals surface area contributed by atoms with Crippen LogP contribution in [-0.2, 0) is 6.61 Å². The van der Waals surface area contributed by atoms with Crippen LogP contribution in [0.5, 0.6) is 5.75 Å². The van der Waals surface area contributed by atoms with Gasteiger partial charge in [0.2, 0.25) is 0 Å². The number of rotatable bonds is 4. The van der Waals surface area contributed by atoms with Crippen molar-refractivity contribution in [2.45, 2.75) is 26.0 Å². The summed E-state index contributed by atoms with van der Waals surface area (Å²) in [6.07, 6.45) is 1.83. The molecule has 0 saturated heterocycles. The average Bonchev–Trinajstić information content (AvgIpc) is 2.22. The highest BCUT2D eigenvalue weighted by atomic mass is 35.5. The van der Waals surface area contributed by atoms with E-state index in [4.69, 9.17) is 15.9 Å². The quantitative estimate of drug-likeness (QED) is 0.618. The molecular weight excluding hydrogens is 232 g/mol. The second-order valence-electron chi connectivity index (χ2n) is 3.41. The van der Waals surface area contributed by atoms with Crippen molar-refractivity contribution in [1.29, 1.82) is 0 Å². The summed E-state index contributed by atoms with van der Waals surface area (Å²) in [6.45, 7) is 1.37. The van der Waals surface area contributed by atoms with Crippen LogP contribution in [0.1, 0.15) is 29.3 Å². The van der Waals surface area contributed by atoms with Crippen LogP contribution in [0.25, 0.3) is 0 Å². The van der Waals surface area contributed by atoms with Gasteiger partial charge < -0.3 is 21.1 Å². The Morgan fingerprint density at radius 1 is 1.44 bits per heavy atom. The zero-order valence-electron chi connectivity index (χ0n) is 9.05. The van der Waals surface area contributed by atoms with Gasteiger partial charge in [0.05, 0.1) is 12.3 Å². The number of pyridine rings is 1. The molecule has 0 aromatic carbocycles. The summed E-state index contributed by atoms with van der Waals surface area (Å²) in [5, 5.41) is 27.6. The van der Waals surface area contributed by atoms with Gasteiger partial charge in [0.1, 0.15) is 5.75 Å². The Kier molecular flexibility index (Phi) is 6.28. The standard InChI is InChI=1S/C10H16N2O3.ClH/c1-6-10(15)9(8(11)2-3-13)7(5-14)4-12-6;/h4,8,13-15H,2-3,5,11H2,1H3;1H/t8-;/m0./s1. The molecule has 0 spiro atoms. The Morgan fingerprint density at radius 2 is 2.06 bits per heavy atom. The Hall–Kier alpha value is -0.880. The van der Waals surface area contributed by atoms with Crippen molar-refractivity contribution in [3.05, 3.63) is 23.0 Å². The number of aromatic nitrogens is 1. The number of aliphatic hydroxyl groups is 2. The Labute approximate surface area is 100 Å². The van der Waals surface area contributed by atoms with Gasteiger partial charge in [0.25, 0.3) is 0 Å². The van der Waals surface area contributed by atoms with E-state index in [0.29, 0.717) is 23.2 Å². The van der Waals surface area contributed by atoms with Gasteiger partial charge in [-0.05, 0) is 13.3 Å². The smallest absolute Gasteiger partial charge is 0.141 e. The molecule has 1 atom stereocenters. The molecule has 0 aliphatic heterocycles. The summed E-state index contributed by atoms with van der Waals surface area (Å²) in [4.78, 5) is 3.92. The molecule has 1 aromatic heterocycles. The monoisotopic (exact) mass is 248 g/mol. The van der Waals surface area contributed by atoms with E-state index in [9.17, 15) is 5.11 Å². The Bertz CT molecular complexity index is 347. The molecule has 92 valence electrons. The zero-order valence-corrected chi connectivity index (χ0v) is 9.87. The lowest BCUT2D eigenvalue weighted by Gasteiger charge is -2.16. The van der Waals surface area contributed by atoms with Crippen LogP contribution in [-0.4, -0.2) is 26.9 Å². The molecular formula is C10H17ClN2O3. The number of aryl methyl sites for hydroxylation is 1. The van der Waals surface area contributed by atoms with Crippen molar-refractivity contribution in [1.82, 2.24) is 4.98 Å². The Morgan fingerprint density at radius 3 is 2.56 bits per heavy atom. The highest BCUT2D eigenvalue weighted by molar-refractivity contribution is 5.85. The van der Waals surface area contributed by atoms with Gasteiger partial charge in [-0.15, -0.1) is 12.4 Å². The first-order valence-corrected chi connectivity index (χ1v) is 4.76. The first kappa shape index (κ1) is 15.1. The van der Waals surface area contributed by atoms with Crippen LogP contribution < -0.4 is 5.73 Å². The second kappa shape index (κ2) is 6.65. The molecule has 0 bridgehead atoms. The first-order valence-electron chi connectivity index (χ1n) is 4.76. The normalized spacial score (nSPS) is 12.0. The molecule has 16 heavy (non-hydrogen) atoms. The van der Waals surface area contributed by atoms with Crippen LogP contribution in [0, 0.1) is 6.92 Å². The number of hydrogen-bond donors (Lipinski definition) is 4. The van der Waals surface area contributed by atoms with Gasteiger partial charge in [-0.2, -0.15) is 0 Å². The molecule has 0 fully saturated rings. The minimum Gasteiger partial charge on any atom is -0.506 e. The molecule has 0 amide bonds. The predicted octanol–water partition coefficient (Wildman–Crippen LogP) is 0.392. The highest BCUT2D eigenvalue weighted by Gasteiger charge is 2.17. The van der Waals surface area contributed by atoms with E-state index < -0.39 is 6.04 Å². The van der Waals surface area contributed by atoms with Crippen molar-refractivity contribution in [3.63, 3.8) is 0 Å². The fraction of sp³-hybridized carbons (Fsp3) is 0.500. The third-order valence-corrected chi connectivity index (χ3v) is 2.34. The summed E-state index contributed by atoms with van der Waals surface area (Å²) >= 11 is 0.